The quantitative estimate of drug-likeness (QED) is 0.233. The normalized spacial score (nSPS) is 12.4. The number of sulfonamides is 1. The number of hydrogen-bond donors (Lipinski definition) is 3. The van der Waals surface area contributed by atoms with Gasteiger partial charge in [0.05, 0.1) is 46.3 Å². The van der Waals surface area contributed by atoms with Crippen LogP contribution in [0.3, 0.4) is 0 Å². The van der Waals surface area contributed by atoms with E-state index >= 15 is 0 Å². The van der Waals surface area contributed by atoms with Crippen LogP contribution in [0.5, 0.6) is 11.6 Å². The Morgan fingerprint density at radius 3 is 2.66 bits per heavy atom. The number of aliphatic hydroxyl groups excluding tert-OH is 1. The number of halogens is 1. The van der Waals surface area contributed by atoms with E-state index in [0.29, 0.717) is 24.5 Å². The number of aromatic amines is 1. The smallest absolute Gasteiger partial charge is 0.261 e. The summed E-state index contributed by atoms with van der Waals surface area (Å²) in [5, 5.41) is 18.8. The van der Waals surface area contributed by atoms with E-state index in [1.807, 2.05) is 18.2 Å². The molecule has 35 heavy (non-hydrogen) atoms. The van der Waals surface area contributed by atoms with E-state index in [1.54, 1.807) is 43.5 Å². The summed E-state index contributed by atoms with van der Waals surface area (Å²) >= 11 is 6.21. The van der Waals surface area contributed by atoms with Gasteiger partial charge in [0, 0.05) is 6.07 Å². The molecule has 1 heterocycles. The molecule has 3 aromatic carbocycles. The van der Waals surface area contributed by atoms with Crippen molar-refractivity contribution in [3.8, 4) is 11.6 Å². The van der Waals surface area contributed by atoms with E-state index in [4.69, 9.17) is 21.1 Å². The maximum atomic E-state index is 12.6. The number of anilines is 1. The van der Waals surface area contributed by atoms with Crippen LogP contribution in [0.2, 0.25) is 5.02 Å². The number of nitrogens with zero attached hydrogens (tertiary/aromatic N) is 1. The molecule has 0 aliphatic rings. The summed E-state index contributed by atoms with van der Waals surface area (Å²) in [4.78, 5) is 0.132. The van der Waals surface area contributed by atoms with Crippen molar-refractivity contribution in [2.75, 3.05) is 18.4 Å². The third kappa shape index (κ3) is 6.05. The van der Waals surface area contributed by atoms with E-state index < -0.39 is 16.1 Å². The number of aromatic nitrogens is 2. The van der Waals surface area contributed by atoms with Crippen LogP contribution in [0.25, 0.3) is 10.9 Å². The Balaban J connectivity index is 1.29. The van der Waals surface area contributed by atoms with E-state index in [9.17, 15) is 13.5 Å². The summed E-state index contributed by atoms with van der Waals surface area (Å²) < 4.78 is 38.8. The van der Waals surface area contributed by atoms with Gasteiger partial charge in [-0.05, 0) is 61.2 Å². The Morgan fingerprint density at radius 1 is 1.09 bits per heavy atom. The Morgan fingerprint density at radius 2 is 1.89 bits per heavy atom. The molecule has 0 aliphatic carbocycles. The third-order valence-corrected chi connectivity index (χ3v) is 7.22. The Labute approximate surface area is 208 Å². The van der Waals surface area contributed by atoms with Gasteiger partial charge in [-0.3, -0.25) is 9.82 Å². The van der Waals surface area contributed by atoms with Crippen molar-refractivity contribution < 1.29 is 23.0 Å². The lowest BCUT2D eigenvalue weighted by Crippen LogP contribution is -2.13. The highest BCUT2D eigenvalue weighted by Gasteiger charge is 2.17. The molecule has 0 saturated heterocycles. The third-order valence-electron chi connectivity index (χ3n) is 5.51. The fraction of sp³-hybridized carbons (Fsp3) is 0.240. The first-order valence-electron chi connectivity index (χ1n) is 11.1. The SMILES string of the molecule is COc1n[nH]c2cc(OCCCC[C@H](O)c3ccc(Cl)c(NS(=O)(=O)c4ccccc4)c3)ccc12. The number of H-pyrrole nitrogens is 1. The number of hydrogen-bond acceptors (Lipinski definition) is 6. The van der Waals surface area contributed by atoms with Crippen LogP contribution in [0.4, 0.5) is 5.69 Å². The van der Waals surface area contributed by atoms with Crippen molar-refractivity contribution in [1.82, 2.24) is 10.2 Å². The number of nitrogens with one attached hydrogen (secondary N) is 2. The first kappa shape index (κ1) is 24.8. The van der Waals surface area contributed by atoms with Crippen LogP contribution in [-0.4, -0.2) is 37.4 Å². The molecule has 8 nitrogen and oxygen atoms in total. The number of aliphatic hydroxyl groups is 1. The number of methoxy groups -OCH3 is 1. The highest BCUT2D eigenvalue weighted by molar-refractivity contribution is 7.92. The van der Waals surface area contributed by atoms with Crippen molar-refractivity contribution in [1.29, 1.82) is 0 Å². The molecule has 0 spiro atoms. The number of rotatable bonds is 11. The minimum absolute atomic E-state index is 0.132. The fourth-order valence-corrected chi connectivity index (χ4v) is 4.96. The Hall–Kier alpha value is -3.27. The van der Waals surface area contributed by atoms with Crippen molar-refractivity contribution in [3.05, 3.63) is 77.3 Å². The molecule has 4 rings (SSSR count). The number of fused-ring (bicyclic) bond motifs is 1. The predicted octanol–water partition coefficient (Wildman–Crippen LogP) is 5.31. The van der Waals surface area contributed by atoms with Gasteiger partial charge < -0.3 is 14.6 Å². The second kappa shape index (κ2) is 11.0. The van der Waals surface area contributed by atoms with Gasteiger partial charge in [-0.2, -0.15) is 0 Å². The molecule has 0 radical (unpaired) electrons. The minimum Gasteiger partial charge on any atom is -0.494 e. The molecule has 184 valence electrons. The second-order valence-corrected chi connectivity index (χ2v) is 10.0. The van der Waals surface area contributed by atoms with Crippen LogP contribution < -0.4 is 14.2 Å². The lowest BCUT2D eigenvalue weighted by Gasteiger charge is -2.15. The lowest BCUT2D eigenvalue weighted by molar-refractivity contribution is 0.160. The molecule has 10 heteroatoms. The van der Waals surface area contributed by atoms with E-state index in [0.717, 1.165) is 29.5 Å². The summed E-state index contributed by atoms with van der Waals surface area (Å²) in [7, 11) is -2.22. The van der Waals surface area contributed by atoms with Crippen molar-refractivity contribution in [2.24, 2.45) is 0 Å². The molecule has 1 aromatic heterocycles. The minimum atomic E-state index is -3.79. The summed E-state index contributed by atoms with van der Waals surface area (Å²) in [5.41, 5.74) is 1.64. The van der Waals surface area contributed by atoms with Gasteiger partial charge in [0.25, 0.3) is 10.0 Å². The second-order valence-electron chi connectivity index (χ2n) is 7.96. The van der Waals surface area contributed by atoms with Crippen LogP contribution in [0, 0.1) is 0 Å². The maximum absolute atomic E-state index is 12.6. The summed E-state index contributed by atoms with van der Waals surface area (Å²) in [6.07, 6.45) is 1.19. The van der Waals surface area contributed by atoms with Gasteiger partial charge in [-0.25, -0.2) is 8.42 Å². The van der Waals surface area contributed by atoms with Crippen LogP contribution in [0.1, 0.15) is 30.9 Å². The first-order chi connectivity index (χ1) is 16.9. The summed E-state index contributed by atoms with van der Waals surface area (Å²) in [5.74, 6) is 1.26. The fourth-order valence-electron chi connectivity index (χ4n) is 3.65. The zero-order chi connectivity index (χ0) is 24.8. The molecule has 0 unspecified atom stereocenters. The van der Waals surface area contributed by atoms with E-state index in [-0.39, 0.29) is 15.6 Å². The van der Waals surface area contributed by atoms with Crippen LogP contribution in [0.15, 0.2) is 71.6 Å². The van der Waals surface area contributed by atoms with Crippen LogP contribution in [-0.2, 0) is 10.0 Å². The van der Waals surface area contributed by atoms with Gasteiger partial charge in [0.2, 0.25) is 5.88 Å². The average molecular weight is 516 g/mol. The molecule has 4 aromatic rings. The largest absolute Gasteiger partial charge is 0.494 e. The van der Waals surface area contributed by atoms with Crippen molar-refractivity contribution in [3.63, 3.8) is 0 Å². The van der Waals surface area contributed by atoms with Gasteiger partial charge in [-0.15, -0.1) is 5.10 Å². The molecular weight excluding hydrogens is 490 g/mol. The lowest BCUT2D eigenvalue weighted by atomic mass is 10.0. The zero-order valence-corrected chi connectivity index (χ0v) is 20.6. The van der Waals surface area contributed by atoms with Crippen molar-refractivity contribution >= 4 is 38.2 Å². The molecule has 0 amide bonds. The summed E-state index contributed by atoms with van der Waals surface area (Å²) in [6.45, 7) is 0.492. The van der Waals surface area contributed by atoms with Crippen LogP contribution >= 0.6 is 11.6 Å². The van der Waals surface area contributed by atoms with E-state index in [2.05, 4.69) is 14.9 Å². The first-order valence-corrected chi connectivity index (χ1v) is 12.9. The molecule has 0 aliphatic heterocycles. The topological polar surface area (TPSA) is 114 Å². The number of unbranched alkanes of at least 4 members (excludes halogenated alkanes) is 1. The van der Waals surface area contributed by atoms with Gasteiger partial charge >= 0.3 is 0 Å². The van der Waals surface area contributed by atoms with Gasteiger partial charge in [-0.1, -0.05) is 35.9 Å². The summed E-state index contributed by atoms with van der Waals surface area (Å²) in [6, 6.07) is 18.5. The van der Waals surface area contributed by atoms with Gasteiger partial charge in [0.15, 0.2) is 0 Å². The average Bonchev–Trinajstić information content (AvgIpc) is 3.28. The van der Waals surface area contributed by atoms with E-state index in [1.165, 1.54) is 12.1 Å². The molecular formula is C25H26ClN3O5S. The van der Waals surface area contributed by atoms with Gasteiger partial charge in [0.1, 0.15) is 5.75 Å². The standard InChI is InChI=1S/C25H26ClN3O5S/c1-33-25-20-12-11-18(16-22(20)27-28-25)34-14-6-5-9-24(30)17-10-13-21(26)23(15-17)29-35(31,32)19-7-3-2-4-8-19/h2-4,7-8,10-13,15-16,24,29-30H,5-6,9,14H2,1H3,(H,27,28)/t24-/m0/s1. The molecule has 1 atom stereocenters. The highest BCUT2D eigenvalue weighted by atomic mass is 35.5. The predicted molar refractivity (Wildman–Crippen MR) is 136 cm³/mol. The molecule has 0 saturated carbocycles. The molecule has 3 N–H and O–H groups in total. The molecule has 0 bridgehead atoms. The maximum Gasteiger partial charge on any atom is 0.261 e. The Bertz CT molecular complexity index is 1390. The number of ether oxygens (including phenoxy) is 2. The molecule has 0 fully saturated rings. The number of benzene rings is 3. The Kier molecular flexibility index (Phi) is 7.80. The van der Waals surface area contributed by atoms with Crippen molar-refractivity contribution in [2.45, 2.75) is 30.3 Å². The highest BCUT2D eigenvalue weighted by Crippen LogP contribution is 2.30. The monoisotopic (exact) mass is 515 g/mol. The zero-order valence-electron chi connectivity index (χ0n) is 19.1.